The van der Waals surface area contributed by atoms with E-state index in [4.69, 9.17) is 0 Å². The fourth-order valence-corrected chi connectivity index (χ4v) is 2.36. The molecule has 0 aliphatic carbocycles. The predicted molar refractivity (Wildman–Crippen MR) is 79.7 cm³/mol. The van der Waals surface area contributed by atoms with Gasteiger partial charge in [0.15, 0.2) is 0 Å². The van der Waals surface area contributed by atoms with Crippen LogP contribution < -0.4 is 5.56 Å². The number of nitrogens with zero attached hydrogens (tertiary/aromatic N) is 2. The summed E-state index contributed by atoms with van der Waals surface area (Å²) < 4.78 is 0. The maximum absolute atomic E-state index is 12.0. The molecule has 0 aliphatic rings. The molecular weight excluding hydrogens is 250 g/mol. The summed E-state index contributed by atoms with van der Waals surface area (Å²) in [5, 5.41) is 2.07. The Labute approximate surface area is 116 Å². The standard InChI is InChI=1S/C16H15N3O/c1-3-14-10(2)16(20)19-15(18-14)13-9-17-8-11-6-4-5-7-12(11)13/h4-9H,3H2,1-2H3,(H,18,19,20). The predicted octanol–water partition coefficient (Wildman–Crippen LogP) is 2.86. The summed E-state index contributed by atoms with van der Waals surface area (Å²) >= 11 is 0. The molecule has 0 radical (unpaired) electrons. The van der Waals surface area contributed by atoms with Gasteiger partial charge in [0, 0.05) is 28.9 Å². The van der Waals surface area contributed by atoms with E-state index in [0.717, 1.165) is 28.5 Å². The van der Waals surface area contributed by atoms with Crippen LogP contribution in [-0.4, -0.2) is 15.0 Å². The van der Waals surface area contributed by atoms with Gasteiger partial charge in [-0.15, -0.1) is 0 Å². The van der Waals surface area contributed by atoms with Crippen molar-refractivity contribution in [2.75, 3.05) is 0 Å². The van der Waals surface area contributed by atoms with Crippen molar-refractivity contribution in [3.63, 3.8) is 0 Å². The summed E-state index contributed by atoms with van der Waals surface area (Å²) in [6, 6.07) is 7.95. The minimum absolute atomic E-state index is 0.0835. The second kappa shape index (κ2) is 4.89. The Kier molecular flexibility index (Phi) is 3.06. The number of aromatic nitrogens is 3. The fourth-order valence-electron chi connectivity index (χ4n) is 2.36. The zero-order chi connectivity index (χ0) is 14.1. The molecular formula is C16H15N3O. The molecule has 3 rings (SSSR count). The zero-order valence-corrected chi connectivity index (χ0v) is 11.5. The Morgan fingerprint density at radius 2 is 2.00 bits per heavy atom. The molecule has 1 N–H and O–H groups in total. The minimum atomic E-state index is -0.0835. The summed E-state index contributed by atoms with van der Waals surface area (Å²) in [4.78, 5) is 23.7. The highest BCUT2D eigenvalue weighted by Gasteiger charge is 2.10. The molecule has 0 atom stereocenters. The average Bonchev–Trinajstić information content (AvgIpc) is 2.49. The molecule has 0 unspecified atom stereocenters. The molecule has 3 aromatic rings. The van der Waals surface area contributed by atoms with Crippen molar-refractivity contribution in [1.29, 1.82) is 0 Å². The first-order chi connectivity index (χ1) is 9.70. The number of fused-ring (bicyclic) bond motifs is 1. The lowest BCUT2D eigenvalue weighted by Crippen LogP contribution is -2.15. The molecule has 0 amide bonds. The topological polar surface area (TPSA) is 58.6 Å². The molecule has 2 aromatic heterocycles. The first kappa shape index (κ1) is 12.5. The van der Waals surface area contributed by atoms with Crippen LogP contribution in [0.3, 0.4) is 0 Å². The maximum atomic E-state index is 12.0. The van der Waals surface area contributed by atoms with E-state index >= 15 is 0 Å². The lowest BCUT2D eigenvalue weighted by molar-refractivity contribution is 0.955. The quantitative estimate of drug-likeness (QED) is 0.775. The van der Waals surface area contributed by atoms with Gasteiger partial charge in [0.05, 0.1) is 5.69 Å². The Hall–Kier alpha value is -2.49. The number of aromatic amines is 1. The Balaban J connectivity index is 2.31. The Bertz CT molecular complexity index is 831. The van der Waals surface area contributed by atoms with E-state index in [1.54, 1.807) is 13.1 Å². The highest BCUT2D eigenvalue weighted by atomic mass is 16.1. The number of H-pyrrole nitrogens is 1. The van der Waals surface area contributed by atoms with Crippen molar-refractivity contribution < 1.29 is 0 Å². The maximum Gasteiger partial charge on any atom is 0.254 e. The third kappa shape index (κ3) is 1.99. The van der Waals surface area contributed by atoms with E-state index in [9.17, 15) is 4.79 Å². The molecule has 1 aromatic carbocycles. The van der Waals surface area contributed by atoms with Crippen LogP contribution in [0.5, 0.6) is 0 Å². The summed E-state index contributed by atoms with van der Waals surface area (Å²) in [5.41, 5.74) is 2.29. The lowest BCUT2D eigenvalue weighted by Gasteiger charge is -2.08. The van der Waals surface area contributed by atoms with Gasteiger partial charge in [-0.3, -0.25) is 9.78 Å². The van der Waals surface area contributed by atoms with Crippen LogP contribution in [0.2, 0.25) is 0 Å². The van der Waals surface area contributed by atoms with Crippen LogP contribution in [-0.2, 0) is 6.42 Å². The van der Waals surface area contributed by atoms with Gasteiger partial charge in [0.2, 0.25) is 0 Å². The molecule has 0 spiro atoms. The molecule has 0 fully saturated rings. The van der Waals surface area contributed by atoms with Gasteiger partial charge in [-0.25, -0.2) is 4.98 Å². The van der Waals surface area contributed by atoms with Gasteiger partial charge in [-0.1, -0.05) is 31.2 Å². The van der Waals surface area contributed by atoms with Gasteiger partial charge in [0.1, 0.15) is 5.82 Å². The molecule has 0 saturated carbocycles. The summed E-state index contributed by atoms with van der Waals surface area (Å²) in [5.74, 6) is 0.585. The van der Waals surface area contributed by atoms with E-state index in [1.807, 2.05) is 37.4 Å². The van der Waals surface area contributed by atoms with Gasteiger partial charge in [-0.05, 0) is 18.7 Å². The van der Waals surface area contributed by atoms with Crippen LogP contribution in [0.4, 0.5) is 0 Å². The van der Waals surface area contributed by atoms with Crippen molar-refractivity contribution in [3.05, 3.63) is 58.3 Å². The van der Waals surface area contributed by atoms with Crippen LogP contribution in [0, 0.1) is 6.92 Å². The van der Waals surface area contributed by atoms with Gasteiger partial charge in [0.25, 0.3) is 5.56 Å². The van der Waals surface area contributed by atoms with E-state index in [-0.39, 0.29) is 5.56 Å². The minimum Gasteiger partial charge on any atom is -0.306 e. The normalized spacial score (nSPS) is 10.9. The molecule has 4 heteroatoms. The Morgan fingerprint density at radius 3 is 2.80 bits per heavy atom. The van der Waals surface area contributed by atoms with Gasteiger partial charge < -0.3 is 4.98 Å². The van der Waals surface area contributed by atoms with Crippen molar-refractivity contribution in [2.24, 2.45) is 0 Å². The number of benzene rings is 1. The van der Waals surface area contributed by atoms with Crippen LogP contribution >= 0.6 is 0 Å². The van der Waals surface area contributed by atoms with Crippen molar-refractivity contribution in [1.82, 2.24) is 15.0 Å². The van der Waals surface area contributed by atoms with Crippen LogP contribution in [0.1, 0.15) is 18.2 Å². The van der Waals surface area contributed by atoms with Crippen molar-refractivity contribution in [3.8, 4) is 11.4 Å². The van der Waals surface area contributed by atoms with Gasteiger partial charge in [-0.2, -0.15) is 0 Å². The van der Waals surface area contributed by atoms with E-state index < -0.39 is 0 Å². The summed E-state index contributed by atoms with van der Waals surface area (Å²) in [7, 11) is 0. The van der Waals surface area contributed by atoms with E-state index in [1.165, 1.54) is 0 Å². The summed E-state index contributed by atoms with van der Waals surface area (Å²) in [6.07, 6.45) is 4.29. The number of pyridine rings is 1. The van der Waals surface area contributed by atoms with Crippen LogP contribution in [0.15, 0.2) is 41.5 Å². The number of nitrogens with one attached hydrogen (secondary N) is 1. The monoisotopic (exact) mass is 265 g/mol. The smallest absolute Gasteiger partial charge is 0.254 e. The average molecular weight is 265 g/mol. The second-order valence-electron chi connectivity index (χ2n) is 4.75. The largest absolute Gasteiger partial charge is 0.306 e. The van der Waals surface area contributed by atoms with E-state index in [2.05, 4.69) is 15.0 Å². The second-order valence-corrected chi connectivity index (χ2v) is 4.75. The fraction of sp³-hybridized carbons (Fsp3) is 0.188. The zero-order valence-electron chi connectivity index (χ0n) is 11.5. The molecule has 20 heavy (non-hydrogen) atoms. The van der Waals surface area contributed by atoms with Crippen molar-refractivity contribution >= 4 is 10.8 Å². The van der Waals surface area contributed by atoms with Crippen LogP contribution in [0.25, 0.3) is 22.2 Å². The molecule has 100 valence electrons. The summed E-state index contributed by atoms with van der Waals surface area (Å²) in [6.45, 7) is 3.80. The third-order valence-corrected chi connectivity index (χ3v) is 3.51. The highest BCUT2D eigenvalue weighted by Crippen LogP contribution is 2.24. The molecule has 0 saturated heterocycles. The van der Waals surface area contributed by atoms with Crippen molar-refractivity contribution in [2.45, 2.75) is 20.3 Å². The number of hydrogen-bond acceptors (Lipinski definition) is 3. The number of hydrogen-bond donors (Lipinski definition) is 1. The molecule has 0 aliphatic heterocycles. The Morgan fingerprint density at radius 1 is 1.20 bits per heavy atom. The third-order valence-electron chi connectivity index (χ3n) is 3.51. The van der Waals surface area contributed by atoms with E-state index in [0.29, 0.717) is 11.4 Å². The first-order valence-electron chi connectivity index (χ1n) is 6.63. The highest BCUT2D eigenvalue weighted by molar-refractivity contribution is 5.93. The molecule has 4 nitrogen and oxygen atoms in total. The molecule has 0 bridgehead atoms. The lowest BCUT2D eigenvalue weighted by atomic mass is 10.1. The SMILES string of the molecule is CCc1nc(-c2cncc3ccccc23)[nH]c(=O)c1C. The van der Waals surface area contributed by atoms with Gasteiger partial charge >= 0.3 is 0 Å². The molecule has 2 heterocycles. The first-order valence-corrected chi connectivity index (χ1v) is 6.63. The number of rotatable bonds is 2. The number of aryl methyl sites for hydroxylation is 1.